The lowest BCUT2D eigenvalue weighted by Gasteiger charge is -2.39. The van der Waals surface area contributed by atoms with Crippen LogP contribution in [-0.2, 0) is 11.3 Å². The molecule has 0 bridgehead atoms. The zero-order chi connectivity index (χ0) is 20.7. The summed E-state index contributed by atoms with van der Waals surface area (Å²) in [6, 6.07) is 16.2. The topological polar surface area (TPSA) is 73.5 Å². The third-order valence-electron chi connectivity index (χ3n) is 5.54. The molecule has 5 rings (SSSR count). The van der Waals surface area contributed by atoms with Crippen LogP contribution in [0.15, 0.2) is 58.1 Å². The Morgan fingerprint density at radius 2 is 2.10 bits per heavy atom. The Labute approximate surface area is 183 Å². The van der Waals surface area contributed by atoms with Crippen LogP contribution in [0.4, 0.5) is 11.4 Å². The maximum Gasteiger partial charge on any atom is 0.134 e. The van der Waals surface area contributed by atoms with E-state index in [4.69, 9.17) is 9.73 Å². The Morgan fingerprint density at radius 1 is 1.20 bits per heavy atom. The summed E-state index contributed by atoms with van der Waals surface area (Å²) < 4.78 is 7.26. The van der Waals surface area contributed by atoms with Gasteiger partial charge in [-0.3, -0.25) is 4.98 Å². The largest absolute Gasteiger partial charge is 0.367 e. The first-order valence-corrected chi connectivity index (χ1v) is 10.7. The van der Waals surface area contributed by atoms with Gasteiger partial charge in [-0.2, -0.15) is 5.26 Å². The summed E-state index contributed by atoms with van der Waals surface area (Å²) in [5, 5.41) is 13.9. The first kappa shape index (κ1) is 19.0. The van der Waals surface area contributed by atoms with Gasteiger partial charge in [0.05, 0.1) is 29.4 Å². The molecule has 0 unspecified atom stereocenters. The molecule has 0 radical (unpaired) electrons. The average molecular weight is 462 g/mol. The van der Waals surface area contributed by atoms with E-state index in [2.05, 4.69) is 50.2 Å². The summed E-state index contributed by atoms with van der Waals surface area (Å²) in [5.74, 6) is 0.849. The zero-order valence-electron chi connectivity index (χ0n) is 16.5. The lowest BCUT2D eigenvalue weighted by molar-refractivity contribution is 0.0188. The molecule has 0 saturated carbocycles. The maximum atomic E-state index is 9.44. The second-order valence-electron chi connectivity index (χ2n) is 7.58. The quantitative estimate of drug-likeness (QED) is 0.615. The van der Waals surface area contributed by atoms with Crippen molar-refractivity contribution in [1.29, 1.82) is 5.26 Å². The number of ether oxygens (including phenoxy) is 1. The number of aromatic nitrogens is 1. The first-order valence-electron chi connectivity index (χ1n) is 9.92. The van der Waals surface area contributed by atoms with Crippen molar-refractivity contribution < 1.29 is 4.74 Å². The van der Waals surface area contributed by atoms with Crippen molar-refractivity contribution in [3.05, 3.63) is 64.3 Å². The molecule has 0 amide bonds. The Balaban J connectivity index is 1.51. The molecule has 0 spiro atoms. The number of hydrogen-bond acceptors (Lipinski definition) is 6. The number of fused-ring (bicyclic) bond motifs is 2. The third kappa shape index (κ3) is 3.32. The van der Waals surface area contributed by atoms with Gasteiger partial charge in [0, 0.05) is 34.8 Å². The van der Waals surface area contributed by atoms with Crippen LogP contribution in [0.3, 0.4) is 0 Å². The van der Waals surface area contributed by atoms with Gasteiger partial charge in [-0.25, -0.2) is 4.99 Å². The molecule has 2 atom stereocenters. The predicted octanol–water partition coefficient (Wildman–Crippen LogP) is 4.30. The molecule has 2 aliphatic heterocycles. The number of halogens is 1. The van der Waals surface area contributed by atoms with Crippen molar-refractivity contribution in [2.24, 2.45) is 4.99 Å². The molecule has 2 aliphatic rings. The van der Waals surface area contributed by atoms with Crippen molar-refractivity contribution in [2.75, 3.05) is 18.0 Å². The fraction of sp³-hybridized carbons (Fsp3) is 0.261. The molecule has 3 heterocycles. The minimum absolute atomic E-state index is 0.0382. The molecule has 30 heavy (non-hydrogen) atoms. The Bertz CT molecular complexity index is 1200. The molecule has 0 aliphatic carbocycles. The number of nitriles is 1. The zero-order valence-corrected chi connectivity index (χ0v) is 18.1. The number of nitrogens with one attached hydrogen (secondary N) is 1. The standard InChI is InChI=1S/C23H20BrN5O/c1-14-12-29(19-8-7-15(10-25)21-17(19)5-3-9-26-21)13-20(30-14)23-27-11-16-4-2-6-18(24)22(16)28-23/h2-9,14,20H,11-13H2,1H3,(H,27,28)/t14-,20-/m1/s1. The van der Waals surface area contributed by atoms with E-state index in [0.29, 0.717) is 12.1 Å². The Kier molecular flexibility index (Phi) is 4.89. The normalized spacial score (nSPS) is 20.8. The summed E-state index contributed by atoms with van der Waals surface area (Å²) in [4.78, 5) is 11.6. The molecule has 2 aromatic carbocycles. The number of morpholine rings is 1. The number of rotatable bonds is 2. The Morgan fingerprint density at radius 3 is 2.97 bits per heavy atom. The highest BCUT2D eigenvalue weighted by Crippen LogP contribution is 2.34. The molecule has 150 valence electrons. The van der Waals surface area contributed by atoms with Crippen molar-refractivity contribution in [3.8, 4) is 6.07 Å². The van der Waals surface area contributed by atoms with Gasteiger partial charge < -0.3 is 15.0 Å². The van der Waals surface area contributed by atoms with Crippen LogP contribution in [-0.4, -0.2) is 36.1 Å². The summed E-state index contributed by atoms with van der Waals surface area (Å²) in [6.07, 6.45) is 1.60. The van der Waals surface area contributed by atoms with E-state index in [0.717, 1.165) is 51.2 Å². The van der Waals surface area contributed by atoms with Gasteiger partial charge in [-0.15, -0.1) is 0 Å². The van der Waals surface area contributed by atoms with Gasteiger partial charge in [0.1, 0.15) is 18.0 Å². The summed E-state index contributed by atoms with van der Waals surface area (Å²) >= 11 is 3.62. The van der Waals surface area contributed by atoms with Gasteiger partial charge in [-0.1, -0.05) is 12.1 Å². The smallest absolute Gasteiger partial charge is 0.134 e. The fourth-order valence-corrected chi connectivity index (χ4v) is 4.68. The van der Waals surface area contributed by atoms with E-state index in [1.165, 1.54) is 0 Å². The van der Waals surface area contributed by atoms with E-state index in [-0.39, 0.29) is 12.2 Å². The number of pyridine rings is 1. The van der Waals surface area contributed by atoms with E-state index in [1.807, 2.05) is 36.4 Å². The average Bonchev–Trinajstić information content (AvgIpc) is 2.78. The molecular formula is C23H20BrN5O. The SMILES string of the molecule is C[C@@H]1CN(c2ccc(C#N)c3ncccc23)C[C@H](C2=Nc3c(Br)cccc3CN2)O1. The van der Waals surface area contributed by atoms with Crippen LogP contribution in [0.1, 0.15) is 18.1 Å². The van der Waals surface area contributed by atoms with E-state index < -0.39 is 0 Å². The fourth-order valence-electron chi connectivity index (χ4n) is 4.18. The molecule has 1 fully saturated rings. The molecule has 3 aromatic rings. The summed E-state index contributed by atoms with van der Waals surface area (Å²) in [7, 11) is 0. The number of anilines is 1. The van der Waals surface area contributed by atoms with Gasteiger partial charge in [-0.05, 0) is 58.7 Å². The first-order chi connectivity index (χ1) is 14.6. The molecule has 7 heteroatoms. The lowest BCUT2D eigenvalue weighted by atomic mass is 10.1. The second-order valence-corrected chi connectivity index (χ2v) is 8.44. The number of hydrogen-bond donors (Lipinski definition) is 1. The van der Waals surface area contributed by atoms with Crippen LogP contribution in [0.25, 0.3) is 10.9 Å². The van der Waals surface area contributed by atoms with E-state index >= 15 is 0 Å². The van der Waals surface area contributed by atoms with Crippen LogP contribution < -0.4 is 10.2 Å². The highest BCUT2D eigenvalue weighted by atomic mass is 79.9. The molecule has 1 saturated heterocycles. The number of para-hydroxylation sites is 1. The van der Waals surface area contributed by atoms with Gasteiger partial charge in [0.15, 0.2) is 0 Å². The number of nitrogens with zero attached hydrogens (tertiary/aromatic N) is 4. The van der Waals surface area contributed by atoms with Crippen molar-refractivity contribution in [3.63, 3.8) is 0 Å². The van der Waals surface area contributed by atoms with Crippen molar-refractivity contribution in [2.45, 2.75) is 25.7 Å². The monoisotopic (exact) mass is 461 g/mol. The number of benzene rings is 2. The molecule has 6 nitrogen and oxygen atoms in total. The van der Waals surface area contributed by atoms with Crippen LogP contribution in [0.2, 0.25) is 0 Å². The maximum absolute atomic E-state index is 9.44. The van der Waals surface area contributed by atoms with Crippen molar-refractivity contribution >= 4 is 44.0 Å². The predicted molar refractivity (Wildman–Crippen MR) is 121 cm³/mol. The number of amidine groups is 1. The van der Waals surface area contributed by atoms with Gasteiger partial charge >= 0.3 is 0 Å². The third-order valence-corrected chi connectivity index (χ3v) is 6.18. The van der Waals surface area contributed by atoms with Gasteiger partial charge in [0.2, 0.25) is 0 Å². The van der Waals surface area contributed by atoms with E-state index in [1.54, 1.807) is 6.20 Å². The van der Waals surface area contributed by atoms with Gasteiger partial charge in [0.25, 0.3) is 0 Å². The number of aliphatic imine (C=N–C) groups is 1. The van der Waals surface area contributed by atoms with E-state index in [9.17, 15) is 5.26 Å². The molecule has 1 N–H and O–H groups in total. The molecular weight excluding hydrogens is 442 g/mol. The second kappa shape index (κ2) is 7.71. The van der Waals surface area contributed by atoms with Crippen LogP contribution >= 0.6 is 15.9 Å². The Hall–Kier alpha value is -2.95. The molecule has 1 aromatic heterocycles. The lowest BCUT2D eigenvalue weighted by Crippen LogP contribution is -2.53. The minimum atomic E-state index is -0.170. The summed E-state index contributed by atoms with van der Waals surface area (Å²) in [6.45, 7) is 4.24. The minimum Gasteiger partial charge on any atom is -0.367 e. The van der Waals surface area contributed by atoms with Crippen LogP contribution in [0, 0.1) is 11.3 Å². The summed E-state index contributed by atoms with van der Waals surface area (Å²) in [5.41, 5.74) is 4.52. The van der Waals surface area contributed by atoms with Crippen LogP contribution in [0.5, 0.6) is 0 Å². The highest BCUT2D eigenvalue weighted by Gasteiger charge is 2.31. The van der Waals surface area contributed by atoms with Crippen molar-refractivity contribution in [1.82, 2.24) is 10.3 Å². The highest BCUT2D eigenvalue weighted by molar-refractivity contribution is 9.10.